The van der Waals surface area contributed by atoms with Gasteiger partial charge in [-0.1, -0.05) is 56.5 Å². The van der Waals surface area contributed by atoms with Gasteiger partial charge in [-0.25, -0.2) is 9.37 Å². The summed E-state index contributed by atoms with van der Waals surface area (Å²) in [7, 11) is 0. The summed E-state index contributed by atoms with van der Waals surface area (Å²) in [4.78, 5) is 12.9. The van der Waals surface area contributed by atoms with E-state index in [2.05, 4.69) is 47.9 Å². The Balaban J connectivity index is 0.00000226. The zero-order chi connectivity index (χ0) is 29.9. The van der Waals surface area contributed by atoms with Crippen molar-refractivity contribution in [2.75, 3.05) is 5.73 Å². The van der Waals surface area contributed by atoms with Crippen molar-refractivity contribution in [1.82, 2.24) is 20.3 Å². The number of nitrogens with two attached hydrogens (primary N) is 1. The Kier molecular flexibility index (Phi) is 10.8. The monoisotopic (exact) mass is 547 g/mol. The number of aryl methyl sites for hydroxylation is 1. The topological polar surface area (TPSA) is 79.6 Å². The van der Waals surface area contributed by atoms with Crippen LogP contribution in [-0.2, 0) is 6.42 Å². The van der Waals surface area contributed by atoms with Crippen molar-refractivity contribution in [3.05, 3.63) is 138 Å². The van der Waals surface area contributed by atoms with Gasteiger partial charge in [0.2, 0.25) is 0 Å². The lowest BCUT2D eigenvalue weighted by Crippen LogP contribution is -2.23. The summed E-state index contributed by atoms with van der Waals surface area (Å²) in [5, 5.41) is 3.42. The third kappa shape index (κ3) is 7.61. The first-order valence-electron chi connectivity index (χ1n) is 13.5. The van der Waals surface area contributed by atoms with Crippen LogP contribution in [0.3, 0.4) is 0 Å². The Hall–Kier alpha value is -4.89. The van der Waals surface area contributed by atoms with Gasteiger partial charge in [-0.3, -0.25) is 4.98 Å². The SMILES string of the molecule is C#C.C=C/C=C(/c1ccc(F)cc1)c1nc(Cc2cc(C(/C=C(\C=C)NC(=C)C3CCC3)=C/C)ncc2N)[nH]c1C. The molecule has 0 radical (unpaired) electrons. The largest absolute Gasteiger partial charge is 0.397 e. The van der Waals surface area contributed by atoms with Crippen molar-refractivity contribution >= 4 is 16.8 Å². The number of anilines is 1. The number of aromatic nitrogens is 3. The van der Waals surface area contributed by atoms with Crippen molar-refractivity contribution in [3.63, 3.8) is 0 Å². The number of terminal acetylenes is 1. The van der Waals surface area contributed by atoms with Gasteiger partial charge in [0, 0.05) is 29.1 Å². The quantitative estimate of drug-likeness (QED) is 0.170. The van der Waals surface area contributed by atoms with E-state index in [1.54, 1.807) is 30.5 Å². The van der Waals surface area contributed by atoms with Crippen LogP contribution in [0.4, 0.5) is 10.1 Å². The lowest BCUT2D eigenvalue weighted by atomic mass is 9.83. The molecule has 5 nitrogen and oxygen atoms in total. The molecule has 3 aromatic rings. The molecule has 4 N–H and O–H groups in total. The molecule has 0 atom stereocenters. The number of hydrogen-bond acceptors (Lipinski definition) is 4. The Morgan fingerprint density at radius 3 is 2.51 bits per heavy atom. The predicted molar refractivity (Wildman–Crippen MR) is 170 cm³/mol. The van der Waals surface area contributed by atoms with Gasteiger partial charge in [-0.2, -0.15) is 0 Å². The zero-order valence-electron chi connectivity index (χ0n) is 23.9. The van der Waals surface area contributed by atoms with Crippen molar-refractivity contribution in [3.8, 4) is 12.8 Å². The van der Waals surface area contributed by atoms with Crippen LogP contribution >= 0.6 is 0 Å². The third-order valence-corrected chi connectivity index (χ3v) is 7.05. The minimum atomic E-state index is -0.283. The molecule has 1 aliphatic carbocycles. The van der Waals surface area contributed by atoms with E-state index in [0.717, 1.165) is 56.6 Å². The maximum atomic E-state index is 13.5. The highest BCUT2D eigenvalue weighted by Crippen LogP contribution is 2.32. The molecule has 0 spiro atoms. The summed E-state index contributed by atoms with van der Waals surface area (Å²) >= 11 is 0. The molecule has 0 bridgehead atoms. The number of nitrogens with zero attached hydrogens (tertiary/aromatic N) is 2. The summed E-state index contributed by atoms with van der Waals surface area (Å²) in [6.45, 7) is 16.0. The first kappa shape index (κ1) is 30.6. The minimum absolute atomic E-state index is 0.283. The molecule has 4 rings (SSSR count). The number of nitrogens with one attached hydrogen (secondary N) is 2. The molecule has 1 saturated carbocycles. The van der Waals surface area contributed by atoms with Crippen LogP contribution in [0.25, 0.3) is 11.1 Å². The molecule has 0 aliphatic heterocycles. The average Bonchev–Trinajstić information content (AvgIpc) is 3.31. The number of imidazole rings is 1. The smallest absolute Gasteiger partial charge is 0.123 e. The molecule has 0 amide bonds. The second kappa shape index (κ2) is 14.5. The lowest BCUT2D eigenvalue weighted by Gasteiger charge is -2.28. The number of rotatable bonds is 11. The van der Waals surface area contributed by atoms with Crippen LogP contribution in [0, 0.1) is 31.5 Å². The summed E-state index contributed by atoms with van der Waals surface area (Å²) < 4.78 is 13.5. The fourth-order valence-electron chi connectivity index (χ4n) is 4.59. The van der Waals surface area contributed by atoms with E-state index in [1.165, 1.54) is 31.4 Å². The molecule has 210 valence electrons. The fourth-order valence-corrected chi connectivity index (χ4v) is 4.59. The van der Waals surface area contributed by atoms with Crippen LogP contribution < -0.4 is 11.1 Å². The standard InChI is InChI=1S/C33H36FN5.C2H2/c1-6-10-29(25-13-15-27(34)16-14-25)33-22(5)38-32(39-33)19-26-18-31(36-20-30(26)35)23(7-2)17-28(8-3)37-21(4)24-11-9-12-24;1-2/h6-8,10,13-18,20,24,37H,1,3-4,9,11-12,19,35H2,2,5H3,(H,38,39);1-2H/b23-7+,28-17+,29-10-;. The van der Waals surface area contributed by atoms with E-state index in [1.807, 2.05) is 38.1 Å². The normalized spacial score (nSPS) is 13.9. The van der Waals surface area contributed by atoms with E-state index in [9.17, 15) is 4.39 Å². The minimum Gasteiger partial charge on any atom is -0.397 e. The fraction of sp³-hybridized carbons (Fsp3) is 0.200. The second-order valence-corrected chi connectivity index (χ2v) is 9.75. The Labute approximate surface area is 243 Å². The van der Waals surface area contributed by atoms with Gasteiger partial charge in [-0.05, 0) is 79.7 Å². The van der Waals surface area contributed by atoms with E-state index < -0.39 is 0 Å². The van der Waals surface area contributed by atoms with Crippen LogP contribution in [0.2, 0.25) is 0 Å². The van der Waals surface area contributed by atoms with Gasteiger partial charge >= 0.3 is 0 Å². The number of hydrogen-bond donors (Lipinski definition) is 3. The van der Waals surface area contributed by atoms with Gasteiger partial charge in [0.25, 0.3) is 0 Å². The maximum absolute atomic E-state index is 13.5. The van der Waals surface area contributed by atoms with Crippen LogP contribution in [0.5, 0.6) is 0 Å². The Morgan fingerprint density at radius 2 is 1.93 bits per heavy atom. The first-order valence-corrected chi connectivity index (χ1v) is 13.5. The molecule has 1 aliphatic rings. The van der Waals surface area contributed by atoms with Gasteiger partial charge in [0.15, 0.2) is 0 Å². The molecule has 6 heteroatoms. The van der Waals surface area contributed by atoms with Crippen molar-refractivity contribution in [2.24, 2.45) is 5.92 Å². The summed E-state index contributed by atoms with van der Waals surface area (Å²) in [6.07, 6.45) is 23.2. The van der Waals surface area contributed by atoms with E-state index in [-0.39, 0.29) is 5.82 Å². The van der Waals surface area contributed by atoms with Crippen LogP contribution in [-0.4, -0.2) is 15.0 Å². The summed E-state index contributed by atoms with van der Waals surface area (Å²) in [5.74, 6) is 1.01. The van der Waals surface area contributed by atoms with Crippen LogP contribution in [0.15, 0.2) is 98.0 Å². The molecule has 0 saturated heterocycles. The molecule has 0 unspecified atom stereocenters. The van der Waals surface area contributed by atoms with Crippen molar-refractivity contribution in [1.29, 1.82) is 0 Å². The molecule has 1 fully saturated rings. The number of H-pyrrole nitrogens is 1. The lowest BCUT2D eigenvalue weighted by molar-refractivity contribution is 0.356. The zero-order valence-corrected chi connectivity index (χ0v) is 23.9. The van der Waals surface area contributed by atoms with Gasteiger partial charge in [0.1, 0.15) is 11.6 Å². The van der Waals surface area contributed by atoms with E-state index in [0.29, 0.717) is 18.0 Å². The molecule has 2 heterocycles. The summed E-state index contributed by atoms with van der Waals surface area (Å²) in [5.41, 5.74) is 14.9. The van der Waals surface area contributed by atoms with Gasteiger partial charge in [0.05, 0.1) is 23.3 Å². The molecular formula is C35H38FN5. The Bertz CT molecular complexity index is 1510. The van der Waals surface area contributed by atoms with Gasteiger partial charge < -0.3 is 16.0 Å². The predicted octanol–water partition coefficient (Wildman–Crippen LogP) is 7.67. The highest BCUT2D eigenvalue weighted by atomic mass is 19.1. The van der Waals surface area contributed by atoms with Crippen LogP contribution in [0.1, 0.15) is 60.2 Å². The molecular weight excluding hydrogens is 509 g/mol. The third-order valence-electron chi connectivity index (χ3n) is 7.05. The van der Waals surface area contributed by atoms with E-state index in [4.69, 9.17) is 10.7 Å². The van der Waals surface area contributed by atoms with E-state index >= 15 is 0 Å². The highest BCUT2D eigenvalue weighted by molar-refractivity contribution is 5.80. The number of pyridine rings is 1. The maximum Gasteiger partial charge on any atom is 0.123 e. The number of allylic oxidation sites excluding steroid dienone is 7. The first-order chi connectivity index (χ1) is 19.8. The number of aromatic amines is 1. The Morgan fingerprint density at radius 1 is 1.22 bits per heavy atom. The van der Waals surface area contributed by atoms with Crippen molar-refractivity contribution < 1.29 is 4.39 Å². The van der Waals surface area contributed by atoms with Crippen molar-refractivity contribution in [2.45, 2.75) is 39.5 Å². The molecule has 2 aromatic heterocycles. The van der Waals surface area contributed by atoms with Gasteiger partial charge in [-0.15, -0.1) is 12.8 Å². The molecule has 41 heavy (non-hydrogen) atoms. The number of nitrogen functional groups attached to an aromatic ring is 1. The summed E-state index contributed by atoms with van der Waals surface area (Å²) in [6, 6.07) is 8.37. The second-order valence-electron chi connectivity index (χ2n) is 9.75. The average molecular weight is 548 g/mol. The highest BCUT2D eigenvalue weighted by Gasteiger charge is 2.21. The number of benzene rings is 1. The molecule has 1 aromatic carbocycles. The number of halogens is 1.